The van der Waals surface area contributed by atoms with E-state index < -0.39 is 0 Å². The second-order valence-corrected chi connectivity index (χ2v) is 9.44. The highest BCUT2D eigenvalue weighted by molar-refractivity contribution is 7.71. The standard InChI is InChI=1S/C27H35N5O2S/c1-3-34-24-15-11-21(12-16-24)26-29-30-27(35)32(26)18-17-25(33)28-19-20-9-13-23(14-10-20)31(2)22-7-5-4-6-8-22/h9-16,22H,3-8,17-19H2,1-2H3,(H,28,33)(H,30,35). The highest BCUT2D eigenvalue weighted by Crippen LogP contribution is 2.26. The van der Waals surface area contributed by atoms with Gasteiger partial charge in [-0.1, -0.05) is 31.4 Å². The number of carbonyl (C=O) groups excluding carboxylic acids is 1. The molecule has 4 rings (SSSR count). The maximum atomic E-state index is 12.6. The van der Waals surface area contributed by atoms with Gasteiger partial charge >= 0.3 is 0 Å². The van der Waals surface area contributed by atoms with Crippen molar-refractivity contribution in [2.45, 2.75) is 64.6 Å². The van der Waals surface area contributed by atoms with Gasteiger partial charge in [0.1, 0.15) is 5.75 Å². The molecule has 0 unspecified atom stereocenters. The Morgan fingerprint density at radius 1 is 1.14 bits per heavy atom. The summed E-state index contributed by atoms with van der Waals surface area (Å²) in [5.74, 6) is 1.50. The highest BCUT2D eigenvalue weighted by atomic mass is 32.1. The number of H-pyrrole nitrogens is 1. The molecule has 7 nitrogen and oxygen atoms in total. The molecule has 1 saturated carbocycles. The van der Waals surface area contributed by atoms with Crippen LogP contribution in [0.1, 0.15) is 51.0 Å². The van der Waals surface area contributed by atoms with E-state index in [1.54, 1.807) is 0 Å². The number of hydrogen-bond donors (Lipinski definition) is 2. The summed E-state index contributed by atoms with van der Waals surface area (Å²) < 4.78 is 7.87. The van der Waals surface area contributed by atoms with E-state index in [9.17, 15) is 4.79 Å². The Kier molecular flexibility index (Phi) is 8.58. The molecule has 0 saturated heterocycles. The van der Waals surface area contributed by atoms with Gasteiger partial charge < -0.3 is 15.0 Å². The number of nitrogens with zero attached hydrogens (tertiary/aromatic N) is 3. The number of anilines is 1. The fourth-order valence-corrected chi connectivity index (χ4v) is 4.87. The smallest absolute Gasteiger partial charge is 0.222 e. The number of aromatic nitrogens is 3. The molecule has 186 valence electrons. The Balaban J connectivity index is 1.29. The third kappa shape index (κ3) is 6.51. The third-order valence-corrected chi connectivity index (χ3v) is 7.01. The van der Waals surface area contributed by atoms with Gasteiger partial charge in [0.05, 0.1) is 6.61 Å². The van der Waals surface area contributed by atoms with Gasteiger partial charge in [0, 0.05) is 43.9 Å². The topological polar surface area (TPSA) is 75.2 Å². The third-order valence-electron chi connectivity index (χ3n) is 6.70. The normalized spacial score (nSPS) is 14.0. The van der Waals surface area contributed by atoms with Gasteiger partial charge in [-0.2, -0.15) is 5.10 Å². The van der Waals surface area contributed by atoms with Gasteiger partial charge in [-0.3, -0.25) is 14.5 Å². The van der Waals surface area contributed by atoms with E-state index in [1.807, 2.05) is 35.8 Å². The minimum atomic E-state index is -0.0193. The first-order valence-electron chi connectivity index (χ1n) is 12.5. The first kappa shape index (κ1) is 25.0. The lowest BCUT2D eigenvalue weighted by Crippen LogP contribution is -2.33. The number of carbonyl (C=O) groups is 1. The highest BCUT2D eigenvalue weighted by Gasteiger charge is 2.18. The Morgan fingerprint density at radius 2 is 1.86 bits per heavy atom. The summed E-state index contributed by atoms with van der Waals surface area (Å²) in [5, 5.41) is 10.2. The van der Waals surface area contributed by atoms with E-state index in [0.717, 1.165) is 16.9 Å². The molecule has 8 heteroatoms. The van der Waals surface area contributed by atoms with Crippen molar-refractivity contribution in [2.75, 3.05) is 18.6 Å². The molecule has 0 bridgehead atoms. The Hall–Kier alpha value is -3.13. The van der Waals surface area contributed by atoms with Crippen LogP contribution in [0.25, 0.3) is 11.4 Å². The van der Waals surface area contributed by atoms with Crippen LogP contribution in [-0.2, 0) is 17.9 Å². The van der Waals surface area contributed by atoms with E-state index in [0.29, 0.717) is 42.8 Å². The van der Waals surface area contributed by atoms with Crippen LogP contribution in [-0.4, -0.2) is 40.4 Å². The van der Waals surface area contributed by atoms with Crippen LogP contribution in [0.15, 0.2) is 48.5 Å². The number of aromatic amines is 1. The summed E-state index contributed by atoms with van der Waals surface area (Å²) in [4.78, 5) is 15.0. The fourth-order valence-electron chi connectivity index (χ4n) is 4.64. The van der Waals surface area contributed by atoms with Gasteiger partial charge in [0.2, 0.25) is 5.91 Å². The maximum Gasteiger partial charge on any atom is 0.222 e. The van der Waals surface area contributed by atoms with Crippen LogP contribution in [0.2, 0.25) is 0 Å². The molecule has 1 amide bonds. The molecule has 2 N–H and O–H groups in total. The lowest BCUT2D eigenvalue weighted by atomic mass is 9.94. The summed E-state index contributed by atoms with van der Waals surface area (Å²) in [7, 11) is 2.19. The number of benzene rings is 2. The quantitative estimate of drug-likeness (QED) is 0.366. The van der Waals surface area contributed by atoms with Gasteiger partial charge in [-0.15, -0.1) is 0 Å². The van der Waals surface area contributed by atoms with Crippen molar-refractivity contribution in [1.29, 1.82) is 0 Å². The van der Waals surface area contributed by atoms with E-state index >= 15 is 0 Å². The van der Waals surface area contributed by atoms with Crippen molar-refractivity contribution in [3.8, 4) is 17.1 Å². The first-order chi connectivity index (χ1) is 17.0. The molecule has 0 aliphatic heterocycles. The number of rotatable bonds is 10. The molecule has 1 fully saturated rings. The van der Waals surface area contributed by atoms with Gasteiger partial charge in [-0.05, 0) is 73.9 Å². The summed E-state index contributed by atoms with van der Waals surface area (Å²) in [6, 6.07) is 16.9. The van der Waals surface area contributed by atoms with Crippen LogP contribution in [0.3, 0.4) is 0 Å². The van der Waals surface area contributed by atoms with Gasteiger partial charge in [0.25, 0.3) is 0 Å². The molecule has 0 radical (unpaired) electrons. The van der Waals surface area contributed by atoms with Gasteiger partial charge in [0.15, 0.2) is 10.6 Å². The van der Waals surface area contributed by atoms with Crippen molar-refractivity contribution in [3.05, 3.63) is 58.9 Å². The van der Waals surface area contributed by atoms with Crippen LogP contribution >= 0.6 is 12.2 Å². The Morgan fingerprint density at radius 3 is 2.54 bits per heavy atom. The zero-order valence-electron chi connectivity index (χ0n) is 20.6. The largest absolute Gasteiger partial charge is 0.494 e. The molecule has 1 aliphatic carbocycles. The monoisotopic (exact) mass is 493 g/mol. The average molecular weight is 494 g/mol. The van der Waals surface area contributed by atoms with Crippen molar-refractivity contribution in [1.82, 2.24) is 20.1 Å². The van der Waals surface area contributed by atoms with Crippen LogP contribution in [0, 0.1) is 4.77 Å². The van der Waals surface area contributed by atoms with E-state index in [4.69, 9.17) is 17.0 Å². The molecular weight excluding hydrogens is 458 g/mol. The Bertz CT molecular complexity index is 1150. The first-order valence-corrected chi connectivity index (χ1v) is 12.9. The second kappa shape index (κ2) is 12.0. The summed E-state index contributed by atoms with van der Waals surface area (Å²) in [6.45, 7) is 3.54. The summed E-state index contributed by atoms with van der Waals surface area (Å²) in [6.07, 6.45) is 6.87. The Labute approximate surface area is 212 Å². The summed E-state index contributed by atoms with van der Waals surface area (Å²) >= 11 is 5.40. The van der Waals surface area contributed by atoms with E-state index in [-0.39, 0.29) is 5.91 Å². The number of amides is 1. The van der Waals surface area contributed by atoms with Crippen molar-refractivity contribution >= 4 is 23.8 Å². The molecular formula is C27H35N5O2S. The lowest BCUT2D eigenvalue weighted by Gasteiger charge is -2.33. The zero-order chi connectivity index (χ0) is 24.6. The van der Waals surface area contributed by atoms with Crippen LogP contribution in [0.4, 0.5) is 5.69 Å². The predicted molar refractivity (Wildman–Crippen MR) is 142 cm³/mol. The minimum absolute atomic E-state index is 0.0193. The molecule has 1 aliphatic rings. The van der Waals surface area contributed by atoms with Gasteiger partial charge in [-0.25, -0.2) is 0 Å². The van der Waals surface area contributed by atoms with Crippen LogP contribution < -0.4 is 15.0 Å². The number of hydrogen-bond acceptors (Lipinski definition) is 5. The molecule has 0 spiro atoms. The van der Waals surface area contributed by atoms with E-state index in [2.05, 4.69) is 51.7 Å². The van der Waals surface area contributed by atoms with Crippen molar-refractivity contribution in [2.24, 2.45) is 0 Å². The SMILES string of the molecule is CCOc1ccc(-c2n[nH]c(=S)n2CCC(=O)NCc2ccc(N(C)C3CCCCC3)cc2)cc1. The predicted octanol–water partition coefficient (Wildman–Crippen LogP) is 5.48. The minimum Gasteiger partial charge on any atom is -0.494 e. The second-order valence-electron chi connectivity index (χ2n) is 9.06. The number of nitrogens with one attached hydrogen (secondary N) is 2. The number of ether oxygens (including phenoxy) is 1. The molecule has 35 heavy (non-hydrogen) atoms. The lowest BCUT2D eigenvalue weighted by molar-refractivity contribution is -0.121. The maximum absolute atomic E-state index is 12.6. The zero-order valence-corrected chi connectivity index (χ0v) is 21.4. The molecule has 0 atom stereocenters. The van der Waals surface area contributed by atoms with E-state index in [1.165, 1.54) is 37.8 Å². The molecule has 1 aromatic heterocycles. The van der Waals surface area contributed by atoms with Crippen molar-refractivity contribution < 1.29 is 9.53 Å². The summed E-state index contributed by atoms with van der Waals surface area (Å²) in [5.41, 5.74) is 3.25. The van der Waals surface area contributed by atoms with Crippen molar-refractivity contribution in [3.63, 3.8) is 0 Å². The fraction of sp³-hybridized carbons (Fsp3) is 0.444. The molecule has 1 heterocycles. The molecule has 3 aromatic rings. The van der Waals surface area contributed by atoms with Crippen LogP contribution in [0.5, 0.6) is 5.75 Å². The molecule has 2 aromatic carbocycles. The average Bonchev–Trinajstić information content (AvgIpc) is 3.27.